The van der Waals surface area contributed by atoms with Crippen LogP contribution in [0.3, 0.4) is 0 Å². The predicted octanol–water partition coefficient (Wildman–Crippen LogP) is 1.66. The molecule has 1 N–H and O–H groups in total. The van der Waals surface area contributed by atoms with E-state index in [1.165, 1.54) is 0 Å². The molecule has 0 atom stereocenters. The summed E-state index contributed by atoms with van der Waals surface area (Å²) in [6, 6.07) is 5.30. The molecular formula is C9H11NO2. The number of hydrogen-bond donors (Lipinski definition) is 1. The Labute approximate surface area is 71.2 Å². The summed E-state index contributed by atoms with van der Waals surface area (Å²) in [6.07, 6.45) is 0.365. The van der Waals surface area contributed by atoms with Gasteiger partial charge in [0, 0.05) is 0 Å². The molecular weight excluding hydrogens is 154 g/mol. The van der Waals surface area contributed by atoms with Crippen LogP contribution in [-0.4, -0.2) is 11.6 Å². The Morgan fingerprint density at radius 3 is 2.50 bits per heavy atom. The molecule has 0 aliphatic carbocycles. The fraction of sp³-hybridized carbons (Fsp3) is 0.222. The molecule has 0 heterocycles. The molecule has 1 amide bonds. The minimum absolute atomic E-state index is 0.365. The summed E-state index contributed by atoms with van der Waals surface area (Å²) in [5, 5.41) is 9.57. The molecule has 0 aromatic heterocycles. The third-order valence-corrected chi connectivity index (χ3v) is 1.85. The Morgan fingerprint density at radius 1 is 1.33 bits per heavy atom. The zero-order valence-corrected chi connectivity index (χ0v) is 7.11. The lowest BCUT2D eigenvalue weighted by Gasteiger charge is -2.09. The minimum Gasteiger partial charge on any atom is -0.281 e. The van der Waals surface area contributed by atoms with Gasteiger partial charge in [-0.2, -0.15) is 5.06 Å². The Balaban J connectivity index is 3.04. The van der Waals surface area contributed by atoms with Gasteiger partial charge in [0.2, 0.25) is 6.41 Å². The maximum Gasteiger partial charge on any atom is 0.237 e. The van der Waals surface area contributed by atoms with Crippen molar-refractivity contribution in [2.24, 2.45) is 0 Å². The fourth-order valence-electron chi connectivity index (χ4n) is 0.929. The van der Waals surface area contributed by atoms with Gasteiger partial charge in [0.25, 0.3) is 0 Å². The van der Waals surface area contributed by atoms with Crippen molar-refractivity contribution in [1.29, 1.82) is 0 Å². The lowest BCUT2D eigenvalue weighted by molar-refractivity contribution is -0.111. The summed E-state index contributed by atoms with van der Waals surface area (Å²) in [4.78, 5) is 10.2. The molecule has 0 radical (unpaired) electrons. The lowest BCUT2D eigenvalue weighted by Crippen LogP contribution is -2.14. The van der Waals surface area contributed by atoms with Crippen molar-refractivity contribution in [2.45, 2.75) is 13.8 Å². The van der Waals surface area contributed by atoms with E-state index in [1.807, 2.05) is 19.9 Å². The third-order valence-electron chi connectivity index (χ3n) is 1.85. The summed E-state index contributed by atoms with van der Waals surface area (Å²) in [5.74, 6) is 0. The van der Waals surface area contributed by atoms with Crippen LogP contribution in [0.5, 0.6) is 0 Å². The summed E-state index contributed by atoms with van der Waals surface area (Å²) in [7, 11) is 0. The number of benzene rings is 1. The van der Waals surface area contributed by atoms with Crippen molar-refractivity contribution in [3.8, 4) is 0 Å². The highest BCUT2D eigenvalue weighted by atomic mass is 16.5. The second kappa shape index (κ2) is 3.36. The van der Waals surface area contributed by atoms with Gasteiger partial charge in [-0.1, -0.05) is 6.07 Å². The van der Waals surface area contributed by atoms with Crippen LogP contribution < -0.4 is 5.06 Å². The Hall–Kier alpha value is -1.35. The third kappa shape index (κ3) is 1.62. The number of anilines is 1. The summed E-state index contributed by atoms with van der Waals surface area (Å²) >= 11 is 0. The molecule has 0 aliphatic rings. The molecule has 1 aromatic carbocycles. The van der Waals surface area contributed by atoms with Gasteiger partial charge >= 0.3 is 0 Å². The van der Waals surface area contributed by atoms with E-state index in [-0.39, 0.29) is 0 Å². The first kappa shape index (κ1) is 8.74. The van der Waals surface area contributed by atoms with Crippen LogP contribution in [0.2, 0.25) is 0 Å². The maximum absolute atomic E-state index is 10.2. The van der Waals surface area contributed by atoms with E-state index in [4.69, 9.17) is 5.21 Å². The van der Waals surface area contributed by atoms with Crippen LogP contribution in [0, 0.1) is 13.8 Å². The van der Waals surface area contributed by atoms with Crippen LogP contribution in [0.25, 0.3) is 0 Å². The van der Waals surface area contributed by atoms with E-state index >= 15 is 0 Å². The van der Waals surface area contributed by atoms with Gasteiger partial charge in [-0.05, 0) is 37.1 Å². The van der Waals surface area contributed by atoms with Crippen molar-refractivity contribution >= 4 is 12.1 Å². The number of amides is 1. The number of hydrogen-bond acceptors (Lipinski definition) is 2. The van der Waals surface area contributed by atoms with Crippen LogP contribution >= 0.6 is 0 Å². The monoisotopic (exact) mass is 165 g/mol. The molecule has 0 unspecified atom stereocenters. The van der Waals surface area contributed by atoms with Crippen molar-refractivity contribution in [3.05, 3.63) is 29.3 Å². The molecule has 3 heteroatoms. The highest BCUT2D eigenvalue weighted by Gasteiger charge is 2.01. The number of rotatable bonds is 2. The van der Waals surface area contributed by atoms with Gasteiger partial charge < -0.3 is 0 Å². The Bertz CT molecular complexity index is 297. The molecule has 0 fully saturated rings. The molecule has 12 heavy (non-hydrogen) atoms. The highest BCUT2D eigenvalue weighted by Crippen LogP contribution is 2.15. The molecule has 0 saturated heterocycles. The van der Waals surface area contributed by atoms with Gasteiger partial charge in [-0.25, -0.2) is 0 Å². The zero-order valence-electron chi connectivity index (χ0n) is 7.11. The van der Waals surface area contributed by atoms with E-state index < -0.39 is 0 Å². The van der Waals surface area contributed by atoms with Gasteiger partial charge in [-0.3, -0.25) is 10.0 Å². The number of carbonyl (C=O) groups is 1. The second-order valence-corrected chi connectivity index (χ2v) is 2.72. The van der Waals surface area contributed by atoms with E-state index in [9.17, 15) is 4.79 Å². The number of aryl methyl sites for hydroxylation is 2. The van der Waals surface area contributed by atoms with Crippen LogP contribution in [0.1, 0.15) is 11.1 Å². The standard InChI is InChI=1S/C9H11NO2/c1-7-3-4-9(5-8(7)2)10(12)6-11/h3-6,12H,1-2H3. The normalized spacial score (nSPS) is 9.58. The first-order valence-corrected chi connectivity index (χ1v) is 3.66. The molecule has 0 spiro atoms. The second-order valence-electron chi connectivity index (χ2n) is 2.72. The molecule has 1 aromatic rings. The molecule has 0 saturated carbocycles. The Kier molecular flexibility index (Phi) is 2.45. The minimum atomic E-state index is 0.365. The number of nitrogens with zero attached hydrogens (tertiary/aromatic N) is 1. The zero-order chi connectivity index (χ0) is 9.14. The fourth-order valence-corrected chi connectivity index (χ4v) is 0.929. The average molecular weight is 165 g/mol. The first-order valence-electron chi connectivity index (χ1n) is 3.66. The smallest absolute Gasteiger partial charge is 0.237 e. The number of carbonyl (C=O) groups excluding carboxylic acids is 1. The van der Waals surface area contributed by atoms with Crippen molar-refractivity contribution < 1.29 is 10.0 Å². The molecule has 1 rings (SSSR count). The van der Waals surface area contributed by atoms with E-state index in [2.05, 4.69) is 0 Å². The summed E-state index contributed by atoms with van der Waals surface area (Å²) in [5.41, 5.74) is 2.68. The van der Waals surface area contributed by atoms with Gasteiger partial charge in [-0.15, -0.1) is 0 Å². The molecule has 64 valence electrons. The van der Waals surface area contributed by atoms with Gasteiger partial charge in [0.1, 0.15) is 0 Å². The topological polar surface area (TPSA) is 40.5 Å². The molecule has 3 nitrogen and oxygen atoms in total. The van der Waals surface area contributed by atoms with Crippen LogP contribution in [0.15, 0.2) is 18.2 Å². The SMILES string of the molecule is Cc1ccc(N(O)C=O)cc1C. The van der Waals surface area contributed by atoms with Crippen molar-refractivity contribution in [2.75, 3.05) is 5.06 Å². The van der Waals surface area contributed by atoms with Crippen molar-refractivity contribution in [3.63, 3.8) is 0 Å². The van der Waals surface area contributed by atoms with Crippen molar-refractivity contribution in [1.82, 2.24) is 0 Å². The first-order chi connectivity index (χ1) is 5.65. The van der Waals surface area contributed by atoms with Crippen LogP contribution in [0.4, 0.5) is 5.69 Å². The molecule has 0 aliphatic heterocycles. The number of hydroxylamine groups is 1. The van der Waals surface area contributed by atoms with E-state index in [0.717, 1.165) is 11.1 Å². The Morgan fingerprint density at radius 2 is 2.00 bits per heavy atom. The quantitative estimate of drug-likeness (QED) is 0.411. The summed E-state index contributed by atoms with van der Waals surface area (Å²) < 4.78 is 0. The highest BCUT2D eigenvalue weighted by molar-refractivity contribution is 5.72. The predicted molar refractivity (Wildman–Crippen MR) is 46.2 cm³/mol. The van der Waals surface area contributed by atoms with Gasteiger partial charge in [0.05, 0.1) is 5.69 Å². The largest absolute Gasteiger partial charge is 0.281 e. The molecule has 0 bridgehead atoms. The van der Waals surface area contributed by atoms with E-state index in [1.54, 1.807) is 12.1 Å². The summed E-state index contributed by atoms with van der Waals surface area (Å²) in [6.45, 7) is 3.90. The van der Waals surface area contributed by atoms with Crippen LogP contribution in [-0.2, 0) is 4.79 Å². The average Bonchev–Trinajstić information content (AvgIpc) is 2.08. The van der Waals surface area contributed by atoms with E-state index in [0.29, 0.717) is 17.2 Å². The van der Waals surface area contributed by atoms with Gasteiger partial charge in [0.15, 0.2) is 0 Å². The maximum atomic E-state index is 10.2. The lowest BCUT2D eigenvalue weighted by atomic mass is 10.1.